The lowest BCUT2D eigenvalue weighted by atomic mass is 10.1. The molecule has 1 aliphatic rings. The second-order valence-electron chi connectivity index (χ2n) is 4.63. The van der Waals surface area contributed by atoms with Crippen LogP contribution < -0.4 is 5.73 Å². The largest absolute Gasteiger partial charge is 0.320 e. The van der Waals surface area contributed by atoms with Crippen LogP contribution >= 0.6 is 11.8 Å². The molecule has 5 nitrogen and oxygen atoms in total. The van der Waals surface area contributed by atoms with Crippen LogP contribution in [0.3, 0.4) is 0 Å². The summed E-state index contributed by atoms with van der Waals surface area (Å²) in [5.41, 5.74) is 7.59. The van der Waals surface area contributed by atoms with Crippen LogP contribution in [-0.2, 0) is 5.75 Å². The minimum atomic E-state index is 0.384. The van der Waals surface area contributed by atoms with Gasteiger partial charge in [-0.25, -0.2) is 4.68 Å². The Hall–Kier alpha value is -1.84. The summed E-state index contributed by atoms with van der Waals surface area (Å²) in [4.78, 5) is 0. The van der Waals surface area contributed by atoms with Crippen LogP contribution in [0.15, 0.2) is 29.4 Å². The van der Waals surface area contributed by atoms with E-state index in [2.05, 4.69) is 39.5 Å². The topological polar surface area (TPSA) is 69.6 Å². The predicted octanol–water partition coefficient (Wildman–Crippen LogP) is 1.61. The van der Waals surface area contributed by atoms with Crippen LogP contribution in [0.2, 0.25) is 0 Å². The number of tetrazole rings is 1. The van der Waals surface area contributed by atoms with Crippen molar-refractivity contribution in [2.75, 3.05) is 6.54 Å². The van der Waals surface area contributed by atoms with Gasteiger partial charge >= 0.3 is 0 Å². The van der Waals surface area contributed by atoms with Gasteiger partial charge in [-0.2, -0.15) is 0 Å². The number of hydrogen-bond donors (Lipinski definition) is 1. The van der Waals surface area contributed by atoms with Crippen LogP contribution in [-0.4, -0.2) is 26.8 Å². The first-order chi connectivity index (χ1) is 9.86. The van der Waals surface area contributed by atoms with Gasteiger partial charge in [0.2, 0.25) is 5.16 Å². The van der Waals surface area contributed by atoms with E-state index < -0.39 is 0 Å². The summed E-state index contributed by atoms with van der Waals surface area (Å²) in [6.07, 6.45) is 2.37. The van der Waals surface area contributed by atoms with Crippen molar-refractivity contribution >= 4 is 11.8 Å². The summed E-state index contributed by atoms with van der Waals surface area (Å²) in [5, 5.41) is 12.8. The molecule has 1 saturated carbocycles. The molecular formula is C14H15N5S. The summed E-state index contributed by atoms with van der Waals surface area (Å²) in [6, 6.07) is 8.69. The van der Waals surface area contributed by atoms with Gasteiger partial charge in [0.15, 0.2) is 0 Å². The molecule has 1 aromatic carbocycles. The zero-order chi connectivity index (χ0) is 13.8. The van der Waals surface area contributed by atoms with Gasteiger partial charge in [0.1, 0.15) is 0 Å². The van der Waals surface area contributed by atoms with Gasteiger partial charge in [0, 0.05) is 11.3 Å². The maximum atomic E-state index is 5.39. The first kappa shape index (κ1) is 13.2. The van der Waals surface area contributed by atoms with Crippen LogP contribution in [0.4, 0.5) is 0 Å². The Morgan fingerprint density at radius 3 is 3.10 bits per heavy atom. The van der Waals surface area contributed by atoms with Crippen molar-refractivity contribution in [3.05, 3.63) is 35.4 Å². The van der Waals surface area contributed by atoms with Gasteiger partial charge in [0.25, 0.3) is 0 Å². The lowest BCUT2D eigenvalue weighted by Gasteiger charge is -2.03. The molecule has 6 heteroatoms. The number of nitrogens with zero attached hydrogens (tertiary/aromatic N) is 4. The van der Waals surface area contributed by atoms with Crippen molar-refractivity contribution in [1.29, 1.82) is 0 Å². The minimum Gasteiger partial charge on any atom is -0.320 e. The highest BCUT2D eigenvalue weighted by molar-refractivity contribution is 7.98. The molecule has 0 unspecified atom stereocenters. The fourth-order valence-corrected chi connectivity index (χ4v) is 2.76. The third-order valence-corrected chi connectivity index (χ3v) is 3.99. The number of benzene rings is 1. The molecule has 2 aromatic rings. The van der Waals surface area contributed by atoms with E-state index >= 15 is 0 Å². The monoisotopic (exact) mass is 285 g/mol. The Bertz CT molecular complexity index is 651. The Morgan fingerprint density at radius 1 is 1.40 bits per heavy atom. The predicted molar refractivity (Wildman–Crippen MR) is 78.0 cm³/mol. The highest BCUT2D eigenvalue weighted by Crippen LogP contribution is 2.36. The SMILES string of the molecule is NCC#Cc1cccc(CSc2nnnn2C2CC2)c1. The Morgan fingerprint density at radius 2 is 2.30 bits per heavy atom. The van der Waals surface area contributed by atoms with Gasteiger partial charge in [-0.1, -0.05) is 35.7 Å². The van der Waals surface area contributed by atoms with Gasteiger partial charge < -0.3 is 5.73 Å². The highest BCUT2D eigenvalue weighted by Gasteiger charge is 2.27. The summed E-state index contributed by atoms with van der Waals surface area (Å²) >= 11 is 1.66. The standard InChI is InChI=1S/C14H15N5S/c15-8-2-5-11-3-1-4-12(9-11)10-20-14-16-17-18-19(14)13-6-7-13/h1,3-4,9,13H,6-8,10,15H2. The summed E-state index contributed by atoms with van der Waals surface area (Å²) in [5.74, 6) is 6.75. The molecule has 1 aliphatic carbocycles. The van der Waals surface area contributed by atoms with Crippen molar-refractivity contribution in [2.24, 2.45) is 5.73 Å². The van der Waals surface area contributed by atoms with E-state index in [4.69, 9.17) is 5.73 Å². The molecule has 0 atom stereocenters. The lowest BCUT2D eigenvalue weighted by molar-refractivity contribution is 0.565. The van der Waals surface area contributed by atoms with Crippen molar-refractivity contribution in [3.8, 4) is 11.8 Å². The molecular weight excluding hydrogens is 270 g/mol. The summed E-state index contributed by atoms with van der Waals surface area (Å²) in [6.45, 7) is 0.384. The third-order valence-electron chi connectivity index (χ3n) is 2.99. The molecule has 1 heterocycles. The molecule has 0 amide bonds. The van der Waals surface area contributed by atoms with E-state index in [0.29, 0.717) is 12.6 Å². The second kappa shape index (κ2) is 6.07. The van der Waals surface area contributed by atoms with E-state index in [1.165, 1.54) is 18.4 Å². The molecule has 0 bridgehead atoms. The molecule has 3 rings (SSSR count). The van der Waals surface area contributed by atoms with Gasteiger partial charge in [0.05, 0.1) is 12.6 Å². The fourth-order valence-electron chi connectivity index (χ4n) is 1.87. The number of aromatic nitrogens is 4. The molecule has 0 saturated heterocycles. The number of rotatable bonds is 4. The fraction of sp³-hybridized carbons (Fsp3) is 0.357. The molecule has 20 heavy (non-hydrogen) atoms. The molecule has 1 fully saturated rings. The quantitative estimate of drug-likeness (QED) is 0.682. The zero-order valence-corrected chi connectivity index (χ0v) is 11.8. The van der Waals surface area contributed by atoms with E-state index in [1.807, 2.05) is 16.8 Å². The van der Waals surface area contributed by atoms with Crippen LogP contribution in [0.25, 0.3) is 0 Å². The van der Waals surface area contributed by atoms with E-state index in [9.17, 15) is 0 Å². The molecule has 102 valence electrons. The summed E-state index contributed by atoms with van der Waals surface area (Å²) in [7, 11) is 0. The number of thioether (sulfide) groups is 1. The first-order valence-corrected chi connectivity index (χ1v) is 7.54. The Kier molecular flexibility index (Phi) is 4.00. The van der Waals surface area contributed by atoms with Crippen LogP contribution in [0.1, 0.15) is 30.0 Å². The smallest absolute Gasteiger partial charge is 0.209 e. The molecule has 0 spiro atoms. The van der Waals surface area contributed by atoms with Crippen molar-refractivity contribution < 1.29 is 0 Å². The van der Waals surface area contributed by atoms with Gasteiger partial charge in [-0.3, -0.25) is 0 Å². The van der Waals surface area contributed by atoms with Crippen molar-refractivity contribution in [3.63, 3.8) is 0 Å². The van der Waals surface area contributed by atoms with Crippen LogP contribution in [0.5, 0.6) is 0 Å². The molecule has 1 aromatic heterocycles. The van der Waals surface area contributed by atoms with Crippen LogP contribution in [0, 0.1) is 11.8 Å². The summed E-state index contributed by atoms with van der Waals surface area (Å²) < 4.78 is 1.93. The Balaban J connectivity index is 1.67. The Labute approximate surface area is 121 Å². The van der Waals surface area contributed by atoms with Gasteiger partial charge in [-0.15, -0.1) is 5.10 Å². The number of hydrogen-bond acceptors (Lipinski definition) is 5. The third kappa shape index (κ3) is 3.18. The second-order valence-corrected chi connectivity index (χ2v) is 5.57. The number of nitrogens with two attached hydrogens (primary N) is 1. The lowest BCUT2D eigenvalue weighted by Crippen LogP contribution is -1.98. The normalized spacial score (nSPS) is 13.8. The minimum absolute atomic E-state index is 0.384. The maximum absolute atomic E-state index is 5.39. The average molecular weight is 285 g/mol. The zero-order valence-electron chi connectivity index (χ0n) is 11.0. The molecule has 0 aliphatic heterocycles. The van der Waals surface area contributed by atoms with Crippen molar-refractivity contribution in [2.45, 2.75) is 29.8 Å². The van der Waals surface area contributed by atoms with E-state index in [1.54, 1.807) is 11.8 Å². The molecule has 2 N–H and O–H groups in total. The first-order valence-electron chi connectivity index (χ1n) is 6.55. The van der Waals surface area contributed by atoms with E-state index in [-0.39, 0.29) is 0 Å². The van der Waals surface area contributed by atoms with Gasteiger partial charge in [-0.05, 0) is 41.0 Å². The molecule has 0 radical (unpaired) electrons. The maximum Gasteiger partial charge on any atom is 0.209 e. The van der Waals surface area contributed by atoms with Crippen molar-refractivity contribution in [1.82, 2.24) is 20.2 Å². The van der Waals surface area contributed by atoms with E-state index in [0.717, 1.165) is 16.5 Å². The highest BCUT2D eigenvalue weighted by atomic mass is 32.2. The average Bonchev–Trinajstić information content (AvgIpc) is 3.22.